The van der Waals surface area contributed by atoms with Gasteiger partial charge in [0.15, 0.2) is 0 Å². The summed E-state index contributed by atoms with van der Waals surface area (Å²) in [7, 11) is 1.66. The van der Waals surface area contributed by atoms with E-state index in [1.165, 1.54) is 11.1 Å². The SMILES string of the molecule is COc1ccccc1CCNC(=O)[C@@H]1C[C@H](n2cnnn2)CN1Cc1ccc(C)cc1. The Morgan fingerprint density at radius 3 is 2.74 bits per heavy atom. The number of tetrazole rings is 1. The lowest BCUT2D eigenvalue weighted by Gasteiger charge is -2.23. The molecule has 8 nitrogen and oxygen atoms in total. The lowest BCUT2D eigenvalue weighted by atomic mass is 10.1. The highest BCUT2D eigenvalue weighted by atomic mass is 16.5. The Bertz CT molecular complexity index is 990. The second-order valence-electron chi connectivity index (χ2n) is 7.96. The molecule has 1 fully saturated rings. The van der Waals surface area contributed by atoms with Crippen LogP contribution in [0.15, 0.2) is 54.9 Å². The molecule has 2 heterocycles. The van der Waals surface area contributed by atoms with Crippen molar-refractivity contribution in [1.29, 1.82) is 0 Å². The molecule has 1 aliphatic heterocycles. The maximum Gasteiger partial charge on any atom is 0.237 e. The number of aromatic nitrogens is 4. The number of aryl methyl sites for hydroxylation is 1. The summed E-state index contributed by atoms with van der Waals surface area (Å²) in [5, 5.41) is 14.7. The van der Waals surface area contributed by atoms with Gasteiger partial charge >= 0.3 is 0 Å². The molecule has 162 valence electrons. The molecule has 1 saturated heterocycles. The number of likely N-dealkylation sites (tertiary alicyclic amines) is 1. The fourth-order valence-corrected chi connectivity index (χ4v) is 4.13. The van der Waals surface area contributed by atoms with Crippen LogP contribution in [0.2, 0.25) is 0 Å². The lowest BCUT2D eigenvalue weighted by Crippen LogP contribution is -2.43. The van der Waals surface area contributed by atoms with E-state index in [2.05, 4.69) is 56.9 Å². The van der Waals surface area contributed by atoms with E-state index in [1.807, 2.05) is 24.3 Å². The van der Waals surface area contributed by atoms with E-state index in [9.17, 15) is 4.79 Å². The zero-order valence-corrected chi connectivity index (χ0v) is 17.9. The number of carbonyl (C=O) groups is 1. The van der Waals surface area contributed by atoms with Crippen LogP contribution in [0.4, 0.5) is 0 Å². The van der Waals surface area contributed by atoms with Crippen LogP contribution in [0.3, 0.4) is 0 Å². The highest BCUT2D eigenvalue weighted by molar-refractivity contribution is 5.82. The maximum absolute atomic E-state index is 13.1. The van der Waals surface area contributed by atoms with E-state index in [0.717, 1.165) is 24.3 Å². The number of methoxy groups -OCH3 is 1. The van der Waals surface area contributed by atoms with Crippen molar-refractivity contribution in [2.75, 3.05) is 20.2 Å². The smallest absolute Gasteiger partial charge is 0.237 e. The second-order valence-corrected chi connectivity index (χ2v) is 7.96. The molecule has 1 aliphatic rings. The van der Waals surface area contributed by atoms with Crippen molar-refractivity contribution in [3.8, 4) is 5.75 Å². The van der Waals surface area contributed by atoms with Gasteiger partial charge in [-0.2, -0.15) is 0 Å². The van der Waals surface area contributed by atoms with Crippen LogP contribution >= 0.6 is 0 Å². The Labute approximate surface area is 182 Å². The standard InChI is InChI=1S/C23H28N6O2/c1-17-7-9-18(10-8-17)14-28-15-20(29-16-25-26-27-29)13-21(28)23(30)24-12-11-19-5-3-4-6-22(19)31-2/h3-10,16,20-21H,11-15H2,1-2H3,(H,24,30)/t20-,21-/m0/s1. The number of carbonyl (C=O) groups excluding carboxylic acids is 1. The van der Waals surface area contributed by atoms with Crippen LogP contribution in [-0.4, -0.2) is 57.3 Å². The first kappa shape index (κ1) is 21.0. The first-order chi connectivity index (χ1) is 15.1. The second kappa shape index (κ2) is 9.70. The van der Waals surface area contributed by atoms with E-state index in [0.29, 0.717) is 19.5 Å². The van der Waals surface area contributed by atoms with Crippen molar-refractivity contribution in [3.63, 3.8) is 0 Å². The van der Waals surface area contributed by atoms with Crippen LogP contribution in [0.1, 0.15) is 29.2 Å². The number of hydrogen-bond donors (Lipinski definition) is 1. The van der Waals surface area contributed by atoms with Crippen LogP contribution in [0.25, 0.3) is 0 Å². The zero-order chi connectivity index (χ0) is 21.6. The molecule has 2 atom stereocenters. The zero-order valence-electron chi connectivity index (χ0n) is 17.9. The number of rotatable bonds is 8. The molecule has 8 heteroatoms. The summed E-state index contributed by atoms with van der Waals surface area (Å²) in [4.78, 5) is 15.3. The first-order valence-corrected chi connectivity index (χ1v) is 10.6. The van der Waals surface area contributed by atoms with E-state index in [4.69, 9.17) is 4.74 Å². The topological polar surface area (TPSA) is 85.2 Å². The van der Waals surface area contributed by atoms with Gasteiger partial charge < -0.3 is 10.1 Å². The van der Waals surface area contributed by atoms with Gasteiger partial charge in [-0.15, -0.1) is 5.10 Å². The molecule has 2 aromatic carbocycles. The summed E-state index contributed by atoms with van der Waals surface area (Å²) in [6, 6.07) is 16.2. The van der Waals surface area contributed by atoms with E-state index in [-0.39, 0.29) is 18.0 Å². The number of hydrogen-bond acceptors (Lipinski definition) is 6. The third-order valence-electron chi connectivity index (χ3n) is 5.82. The van der Waals surface area contributed by atoms with Gasteiger partial charge in [-0.1, -0.05) is 48.0 Å². The molecule has 1 aromatic heterocycles. The molecule has 0 aliphatic carbocycles. The predicted molar refractivity (Wildman–Crippen MR) is 117 cm³/mol. The Kier molecular flexibility index (Phi) is 6.57. The highest BCUT2D eigenvalue weighted by Gasteiger charge is 2.38. The third kappa shape index (κ3) is 5.08. The molecule has 0 saturated carbocycles. The number of benzene rings is 2. The van der Waals surface area contributed by atoms with Crippen molar-refractivity contribution >= 4 is 5.91 Å². The minimum Gasteiger partial charge on any atom is -0.496 e. The minimum atomic E-state index is -0.229. The molecular weight excluding hydrogens is 392 g/mol. The summed E-state index contributed by atoms with van der Waals surface area (Å²) in [5.41, 5.74) is 3.50. The maximum atomic E-state index is 13.1. The molecule has 0 bridgehead atoms. The van der Waals surface area contributed by atoms with Crippen LogP contribution < -0.4 is 10.1 Å². The molecule has 1 amide bonds. The molecular formula is C23H28N6O2. The molecule has 0 unspecified atom stereocenters. The van der Waals surface area contributed by atoms with Gasteiger partial charge in [-0.3, -0.25) is 9.69 Å². The lowest BCUT2D eigenvalue weighted by molar-refractivity contribution is -0.125. The highest BCUT2D eigenvalue weighted by Crippen LogP contribution is 2.28. The molecule has 1 N–H and O–H groups in total. The predicted octanol–water partition coefficient (Wildman–Crippen LogP) is 2.16. The van der Waals surface area contributed by atoms with Gasteiger partial charge in [-0.05, 0) is 47.4 Å². The van der Waals surface area contributed by atoms with Crippen molar-refractivity contribution in [1.82, 2.24) is 30.4 Å². The molecule has 0 spiro atoms. The summed E-state index contributed by atoms with van der Waals surface area (Å²) in [6.07, 6.45) is 3.02. The Hall–Kier alpha value is -3.26. The average molecular weight is 421 g/mol. The third-order valence-corrected chi connectivity index (χ3v) is 5.82. The first-order valence-electron chi connectivity index (χ1n) is 10.6. The normalized spacial score (nSPS) is 18.8. The number of ether oxygens (including phenoxy) is 1. The number of nitrogens with zero attached hydrogens (tertiary/aromatic N) is 5. The van der Waals surface area contributed by atoms with Crippen LogP contribution in [0, 0.1) is 6.92 Å². The Morgan fingerprint density at radius 2 is 2.00 bits per heavy atom. The van der Waals surface area contributed by atoms with Gasteiger partial charge in [0.1, 0.15) is 12.1 Å². The van der Waals surface area contributed by atoms with Crippen molar-refractivity contribution < 1.29 is 9.53 Å². The fourth-order valence-electron chi connectivity index (χ4n) is 4.13. The van der Waals surface area contributed by atoms with Crippen LogP contribution in [0.5, 0.6) is 5.75 Å². The molecule has 3 aromatic rings. The summed E-state index contributed by atoms with van der Waals surface area (Å²) in [5.74, 6) is 0.884. The van der Waals surface area contributed by atoms with Crippen molar-refractivity contribution in [2.24, 2.45) is 0 Å². The number of nitrogens with one attached hydrogen (secondary N) is 1. The summed E-state index contributed by atoms with van der Waals surface area (Å²) >= 11 is 0. The number of para-hydroxylation sites is 1. The van der Waals surface area contributed by atoms with E-state index >= 15 is 0 Å². The average Bonchev–Trinajstić information content (AvgIpc) is 3.46. The summed E-state index contributed by atoms with van der Waals surface area (Å²) < 4.78 is 7.16. The largest absolute Gasteiger partial charge is 0.496 e. The molecule has 4 rings (SSSR count). The monoisotopic (exact) mass is 420 g/mol. The van der Waals surface area contributed by atoms with E-state index < -0.39 is 0 Å². The Morgan fingerprint density at radius 1 is 1.19 bits per heavy atom. The van der Waals surface area contributed by atoms with E-state index in [1.54, 1.807) is 18.1 Å². The Balaban J connectivity index is 1.42. The van der Waals surface area contributed by atoms with Crippen molar-refractivity contribution in [3.05, 3.63) is 71.5 Å². The van der Waals surface area contributed by atoms with Gasteiger partial charge in [0.2, 0.25) is 5.91 Å². The van der Waals surface area contributed by atoms with Gasteiger partial charge in [0.05, 0.1) is 19.2 Å². The van der Waals surface area contributed by atoms with Crippen molar-refractivity contribution in [2.45, 2.75) is 38.4 Å². The summed E-state index contributed by atoms with van der Waals surface area (Å²) in [6.45, 7) is 4.07. The molecule has 31 heavy (non-hydrogen) atoms. The number of amides is 1. The molecule has 0 radical (unpaired) electrons. The minimum absolute atomic E-state index is 0.0394. The fraction of sp³-hybridized carbons (Fsp3) is 0.391. The van der Waals surface area contributed by atoms with Gasteiger partial charge in [0.25, 0.3) is 0 Å². The van der Waals surface area contributed by atoms with Crippen LogP contribution in [-0.2, 0) is 17.8 Å². The van der Waals surface area contributed by atoms with Gasteiger partial charge in [-0.25, -0.2) is 4.68 Å². The van der Waals surface area contributed by atoms with Gasteiger partial charge in [0, 0.05) is 19.6 Å². The quantitative estimate of drug-likeness (QED) is 0.601.